The van der Waals surface area contributed by atoms with Crippen molar-refractivity contribution in [1.29, 1.82) is 0 Å². The van der Waals surface area contributed by atoms with E-state index in [9.17, 15) is 14.7 Å². The van der Waals surface area contributed by atoms with Gasteiger partial charge in [-0.3, -0.25) is 14.6 Å². The zero-order valence-corrected chi connectivity index (χ0v) is 21.7. The van der Waals surface area contributed by atoms with Crippen molar-refractivity contribution in [1.82, 2.24) is 9.80 Å². The molecule has 1 N–H and O–H groups in total. The van der Waals surface area contributed by atoms with Gasteiger partial charge >= 0.3 is 6.09 Å². The smallest absolute Gasteiger partial charge is 0.408 e. The Balaban J connectivity index is 1.47. The van der Waals surface area contributed by atoms with E-state index in [2.05, 4.69) is 41.3 Å². The van der Waals surface area contributed by atoms with Crippen LogP contribution in [-0.4, -0.2) is 52.1 Å². The first-order chi connectivity index (χ1) is 17.4. The first-order valence-electron chi connectivity index (χ1n) is 13.7. The van der Waals surface area contributed by atoms with Gasteiger partial charge in [0.1, 0.15) is 0 Å². The second-order valence-electron chi connectivity index (χ2n) is 10.9. The van der Waals surface area contributed by atoms with Crippen LogP contribution in [0.1, 0.15) is 82.4 Å². The molecule has 0 spiro atoms. The molecule has 36 heavy (non-hydrogen) atoms. The Bertz CT molecular complexity index is 1090. The molecule has 2 aromatic rings. The zero-order chi connectivity index (χ0) is 25.2. The van der Waals surface area contributed by atoms with Gasteiger partial charge in [0, 0.05) is 31.2 Å². The quantitative estimate of drug-likeness (QED) is 0.524. The summed E-state index contributed by atoms with van der Waals surface area (Å²) in [6.07, 6.45) is 7.68. The van der Waals surface area contributed by atoms with Gasteiger partial charge in [0.25, 0.3) is 0 Å². The normalized spacial score (nSPS) is 22.9. The molecule has 3 aliphatic rings. The highest BCUT2D eigenvalue weighted by Crippen LogP contribution is 2.44. The number of likely N-dealkylation sites (tertiary alicyclic amines) is 1. The van der Waals surface area contributed by atoms with E-state index < -0.39 is 6.09 Å². The second kappa shape index (κ2) is 10.6. The van der Waals surface area contributed by atoms with Crippen molar-refractivity contribution in [2.75, 3.05) is 18.0 Å². The van der Waals surface area contributed by atoms with Crippen LogP contribution in [0.15, 0.2) is 42.5 Å². The molecule has 2 aliphatic heterocycles. The first-order valence-corrected chi connectivity index (χ1v) is 13.7. The Labute approximate surface area is 214 Å². The summed E-state index contributed by atoms with van der Waals surface area (Å²) in [5, 5.41) is 10.3. The molecule has 2 heterocycles. The van der Waals surface area contributed by atoms with E-state index in [0.29, 0.717) is 6.42 Å². The van der Waals surface area contributed by atoms with Crippen LogP contribution in [0.2, 0.25) is 0 Å². The van der Waals surface area contributed by atoms with Crippen LogP contribution in [0.5, 0.6) is 0 Å². The molecule has 0 bridgehead atoms. The number of amides is 2. The van der Waals surface area contributed by atoms with Crippen LogP contribution in [0.3, 0.4) is 0 Å². The van der Waals surface area contributed by atoms with Gasteiger partial charge in [-0.05, 0) is 86.5 Å². The molecule has 2 fully saturated rings. The molecule has 5 rings (SSSR count). The molecular formula is C30H39N3O3. The number of hydrogen-bond donors (Lipinski definition) is 1. The molecule has 0 radical (unpaired) electrons. The summed E-state index contributed by atoms with van der Waals surface area (Å²) < 4.78 is 0. The largest absolute Gasteiger partial charge is 0.465 e. The molecule has 0 aromatic heterocycles. The van der Waals surface area contributed by atoms with E-state index in [1.807, 2.05) is 17.9 Å². The maximum Gasteiger partial charge on any atom is 0.408 e. The molecule has 2 atom stereocenters. The molecule has 192 valence electrons. The fraction of sp³-hybridized carbons (Fsp3) is 0.533. The first kappa shape index (κ1) is 24.8. The van der Waals surface area contributed by atoms with Crippen LogP contribution >= 0.6 is 0 Å². The van der Waals surface area contributed by atoms with Crippen LogP contribution in [-0.2, 0) is 11.3 Å². The van der Waals surface area contributed by atoms with E-state index in [1.165, 1.54) is 37.9 Å². The van der Waals surface area contributed by atoms with E-state index >= 15 is 0 Å². The third kappa shape index (κ3) is 5.01. The number of fused-ring (bicyclic) bond motifs is 1. The Morgan fingerprint density at radius 1 is 0.944 bits per heavy atom. The van der Waals surface area contributed by atoms with E-state index in [4.69, 9.17) is 0 Å². The van der Waals surface area contributed by atoms with Crippen molar-refractivity contribution in [3.8, 4) is 11.1 Å². The van der Waals surface area contributed by atoms with Crippen LogP contribution in [0, 0.1) is 0 Å². The minimum Gasteiger partial charge on any atom is -0.465 e. The summed E-state index contributed by atoms with van der Waals surface area (Å²) >= 11 is 0. The number of rotatable bonds is 5. The molecular weight excluding hydrogens is 450 g/mol. The number of carbonyl (C=O) groups excluding carboxylic acids is 1. The summed E-state index contributed by atoms with van der Waals surface area (Å²) in [7, 11) is 0. The van der Waals surface area contributed by atoms with Crippen molar-refractivity contribution in [3.63, 3.8) is 0 Å². The van der Waals surface area contributed by atoms with Crippen molar-refractivity contribution in [2.45, 2.75) is 89.9 Å². The molecule has 1 saturated heterocycles. The van der Waals surface area contributed by atoms with Gasteiger partial charge in [0.2, 0.25) is 5.91 Å². The summed E-state index contributed by atoms with van der Waals surface area (Å²) in [6, 6.07) is 14.8. The topological polar surface area (TPSA) is 64.1 Å². The average molecular weight is 490 g/mol. The Hall–Kier alpha value is -2.86. The van der Waals surface area contributed by atoms with Crippen LogP contribution < -0.4 is 4.90 Å². The molecule has 1 aliphatic carbocycles. The highest BCUT2D eigenvalue weighted by Gasteiger charge is 2.40. The highest BCUT2D eigenvalue weighted by atomic mass is 16.4. The minimum absolute atomic E-state index is 0.000225. The number of hydrogen-bond acceptors (Lipinski definition) is 3. The maximum atomic E-state index is 12.6. The lowest BCUT2D eigenvalue weighted by molar-refractivity contribution is -0.117. The highest BCUT2D eigenvalue weighted by molar-refractivity contribution is 5.94. The fourth-order valence-electron chi connectivity index (χ4n) is 6.66. The molecule has 2 aromatic carbocycles. The zero-order valence-electron chi connectivity index (χ0n) is 21.7. The molecule has 6 nitrogen and oxygen atoms in total. The number of carbonyl (C=O) groups is 2. The van der Waals surface area contributed by atoms with Gasteiger partial charge in [-0.25, -0.2) is 4.79 Å². The van der Waals surface area contributed by atoms with Gasteiger partial charge < -0.3 is 10.0 Å². The molecule has 6 heteroatoms. The van der Waals surface area contributed by atoms with Crippen molar-refractivity contribution >= 4 is 17.7 Å². The summed E-state index contributed by atoms with van der Waals surface area (Å²) in [6.45, 7) is 6.98. The summed E-state index contributed by atoms with van der Waals surface area (Å²) in [4.78, 5) is 31.2. The van der Waals surface area contributed by atoms with Crippen molar-refractivity contribution in [3.05, 3.63) is 53.6 Å². The molecule has 1 saturated carbocycles. The lowest BCUT2D eigenvalue weighted by Crippen LogP contribution is -2.49. The predicted octanol–water partition coefficient (Wildman–Crippen LogP) is 6.45. The lowest BCUT2D eigenvalue weighted by atomic mass is 9.87. The number of nitrogens with zero attached hydrogens (tertiary/aromatic N) is 3. The van der Waals surface area contributed by atoms with E-state index in [-0.39, 0.29) is 24.0 Å². The Morgan fingerprint density at radius 2 is 1.61 bits per heavy atom. The third-order valence-electron chi connectivity index (χ3n) is 8.41. The minimum atomic E-state index is -0.853. The Kier molecular flexibility index (Phi) is 7.33. The number of benzene rings is 2. The number of anilines is 1. The SMILES string of the molecule is CC(=O)N1c2ccc(-c3ccc(CN4CCCCC4)cc3)cc2C(N(C(=O)O)C2CCCC2)CC1C. The lowest BCUT2D eigenvalue weighted by Gasteiger charge is -2.44. The number of carboxylic acid groups (broad SMARTS) is 1. The van der Waals surface area contributed by atoms with E-state index in [1.54, 1.807) is 11.8 Å². The van der Waals surface area contributed by atoms with E-state index in [0.717, 1.165) is 54.6 Å². The standard InChI is InChI=1S/C30H39N3O3/c1-21-18-29(33(30(35)36)26-8-4-5-9-26)27-19-25(14-15-28(27)32(21)22(2)34)24-12-10-23(11-13-24)20-31-16-6-3-7-17-31/h10-15,19,21,26,29H,3-9,16-18,20H2,1-2H3,(H,35,36). The van der Waals surface area contributed by atoms with Crippen LogP contribution in [0.4, 0.5) is 10.5 Å². The van der Waals surface area contributed by atoms with Gasteiger partial charge in [0.15, 0.2) is 0 Å². The average Bonchev–Trinajstić information content (AvgIpc) is 3.39. The monoisotopic (exact) mass is 489 g/mol. The van der Waals surface area contributed by atoms with Gasteiger partial charge in [-0.15, -0.1) is 0 Å². The number of piperidine rings is 1. The fourth-order valence-corrected chi connectivity index (χ4v) is 6.66. The third-order valence-corrected chi connectivity index (χ3v) is 8.41. The summed E-state index contributed by atoms with van der Waals surface area (Å²) in [5.74, 6) is -0.000225. The molecule has 2 amide bonds. The predicted molar refractivity (Wildman–Crippen MR) is 143 cm³/mol. The van der Waals surface area contributed by atoms with Crippen LogP contribution in [0.25, 0.3) is 11.1 Å². The molecule has 2 unspecified atom stereocenters. The van der Waals surface area contributed by atoms with Crippen molar-refractivity contribution < 1.29 is 14.7 Å². The van der Waals surface area contributed by atoms with Gasteiger partial charge in [-0.1, -0.05) is 49.6 Å². The van der Waals surface area contributed by atoms with Gasteiger partial charge in [-0.2, -0.15) is 0 Å². The van der Waals surface area contributed by atoms with Crippen molar-refractivity contribution in [2.24, 2.45) is 0 Å². The second-order valence-corrected chi connectivity index (χ2v) is 10.9. The summed E-state index contributed by atoms with van der Waals surface area (Å²) in [5.41, 5.74) is 5.31. The maximum absolute atomic E-state index is 12.6. The Morgan fingerprint density at radius 3 is 2.25 bits per heavy atom. The van der Waals surface area contributed by atoms with Gasteiger partial charge in [0.05, 0.1) is 6.04 Å².